The first kappa shape index (κ1) is 19.5. The fourth-order valence-electron chi connectivity index (χ4n) is 6.25. The molecule has 0 saturated heterocycles. The molecule has 0 spiro atoms. The van der Waals surface area contributed by atoms with Crippen LogP contribution in [-0.2, 0) is 0 Å². The molecule has 3 heterocycles. The first-order valence-corrected chi connectivity index (χ1v) is 16.5. The quantitative estimate of drug-likeness (QED) is 0.183. The predicted molar refractivity (Wildman–Crippen MR) is 207 cm³/mol. The zero-order chi connectivity index (χ0) is 42.6. The second-order valence-electron chi connectivity index (χ2n) is 11.6. The number of nitrogens with zero attached hydrogens (tertiary/aromatic N) is 3. The van der Waals surface area contributed by atoms with Crippen molar-refractivity contribution in [2.24, 2.45) is 0 Å². The van der Waals surface area contributed by atoms with E-state index in [0.29, 0.717) is 22.3 Å². The highest BCUT2D eigenvalue weighted by Crippen LogP contribution is 2.43. The summed E-state index contributed by atoms with van der Waals surface area (Å²) in [5.74, 6) is 0.426. The molecule has 10 aromatic rings. The molecule has 50 heavy (non-hydrogen) atoms. The highest BCUT2D eigenvalue weighted by Gasteiger charge is 2.19. The van der Waals surface area contributed by atoms with E-state index in [1.54, 1.807) is 0 Å². The number of aromatic nitrogens is 3. The molecule has 0 aliphatic heterocycles. The van der Waals surface area contributed by atoms with Crippen LogP contribution in [0.25, 0.3) is 98.5 Å². The second kappa shape index (κ2) is 11.6. The lowest BCUT2D eigenvalue weighted by Crippen LogP contribution is -2.00. The molecule has 0 saturated carbocycles. The van der Waals surface area contributed by atoms with Crippen molar-refractivity contribution in [3.63, 3.8) is 0 Å². The molecule has 0 amide bonds. The van der Waals surface area contributed by atoms with Crippen LogP contribution in [0.4, 0.5) is 0 Å². The van der Waals surface area contributed by atoms with Crippen molar-refractivity contribution in [3.05, 3.63) is 164 Å². The molecule has 0 atom stereocenters. The van der Waals surface area contributed by atoms with E-state index in [-0.39, 0.29) is 54.3 Å². The summed E-state index contributed by atoms with van der Waals surface area (Å²) in [6, 6.07) is 24.6. The van der Waals surface area contributed by atoms with Crippen LogP contribution >= 0.6 is 11.3 Å². The van der Waals surface area contributed by atoms with Crippen LogP contribution in [0.15, 0.2) is 168 Å². The average molecular weight is 669 g/mol. The van der Waals surface area contributed by atoms with E-state index in [9.17, 15) is 2.74 Å². The molecule has 5 heteroatoms. The average Bonchev–Trinajstić information content (AvgIpc) is 3.86. The third kappa shape index (κ3) is 4.79. The molecule has 7 aromatic carbocycles. The number of fused-ring (bicyclic) bond motifs is 6. The maximum atomic E-state index is 9.31. The van der Waals surface area contributed by atoms with E-state index >= 15 is 0 Å². The number of hydrogen-bond acceptors (Lipinski definition) is 5. The first-order valence-electron chi connectivity index (χ1n) is 21.2. The molecule has 0 bridgehead atoms. The fraction of sp³-hybridized carbons (Fsp3) is 0. The van der Waals surface area contributed by atoms with Crippen LogP contribution < -0.4 is 0 Å². The van der Waals surface area contributed by atoms with Gasteiger partial charge in [0.25, 0.3) is 0 Å². The second-order valence-corrected chi connectivity index (χ2v) is 12.6. The van der Waals surface area contributed by atoms with Crippen molar-refractivity contribution in [2.75, 3.05) is 0 Å². The van der Waals surface area contributed by atoms with Crippen molar-refractivity contribution >= 4 is 53.4 Å². The number of benzene rings is 7. The Balaban J connectivity index is 1.28. The van der Waals surface area contributed by atoms with Gasteiger partial charge in [-0.3, -0.25) is 0 Å². The molecule has 3 aromatic heterocycles. The number of furan rings is 1. The van der Waals surface area contributed by atoms with E-state index in [4.69, 9.17) is 31.7 Å². The molecular weight excluding hydrogens is 631 g/mol. The van der Waals surface area contributed by atoms with Gasteiger partial charge in [0.05, 0.1) is 15.1 Å². The van der Waals surface area contributed by atoms with Crippen molar-refractivity contribution in [1.82, 2.24) is 15.0 Å². The van der Waals surface area contributed by atoms with E-state index in [2.05, 4.69) is 0 Å². The summed E-state index contributed by atoms with van der Waals surface area (Å²) in [6.07, 6.45) is 0. The van der Waals surface area contributed by atoms with Gasteiger partial charge in [-0.25, -0.2) is 15.0 Å². The summed E-state index contributed by atoms with van der Waals surface area (Å²) >= 11 is 0.926. The van der Waals surface area contributed by atoms with Gasteiger partial charge in [0.2, 0.25) is 0 Å². The van der Waals surface area contributed by atoms with Crippen LogP contribution in [0.1, 0.15) is 15.1 Å². The maximum Gasteiger partial charge on any atom is 0.165 e. The van der Waals surface area contributed by atoms with Crippen LogP contribution in [0.3, 0.4) is 0 Å². The third-order valence-electron chi connectivity index (χ3n) is 8.62. The van der Waals surface area contributed by atoms with E-state index in [0.717, 1.165) is 33.2 Å². The third-order valence-corrected chi connectivity index (χ3v) is 9.74. The molecule has 0 N–H and O–H groups in total. The van der Waals surface area contributed by atoms with Crippen LogP contribution in [0, 0.1) is 0 Å². The highest BCUT2D eigenvalue weighted by atomic mass is 32.1. The van der Waals surface area contributed by atoms with Gasteiger partial charge >= 0.3 is 0 Å². The normalized spacial score (nSPS) is 14.7. The van der Waals surface area contributed by atoms with Crippen LogP contribution in [0.2, 0.25) is 0 Å². The highest BCUT2D eigenvalue weighted by molar-refractivity contribution is 7.26. The summed E-state index contributed by atoms with van der Waals surface area (Å²) in [5.41, 5.74) is 3.86. The van der Waals surface area contributed by atoms with E-state index in [1.165, 1.54) is 0 Å². The minimum atomic E-state index is -0.658. The van der Waals surface area contributed by atoms with Crippen molar-refractivity contribution in [2.45, 2.75) is 0 Å². The van der Waals surface area contributed by atoms with Gasteiger partial charge in [-0.05, 0) is 52.5 Å². The van der Waals surface area contributed by atoms with Gasteiger partial charge in [0.1, 0.15) is 11.2 Å². The van der Waals surface area contributed by atoms with E-state index in [1.807, 2.05) is 97.1 Å². The number of hydrogen-bond donors (Lipinski definition) is 0. The Bertz CT molecular complexity index is 3470. The predicted octanol–water partition coefficient (Wildman–Crippen LogP) is 12.5. The van der Waals surface area contributed by atoms with Crippen molar-refractivity contribution in [3.8, 4) is 56.4 Å². The topological polar surface area (TPSA) is 51.8 Å². The minimum Gasteiger partial charge on any atom is -0.456 e. The molecule has 0 aliphatic rings. The molecule has 0 fully saturated rings. The summed E-state index contributed by atoms with van der Waals surface area (Å²) in [4.78, 5) is 14.7. The zero-order valence-electron chi connectivity index (χ0n) is 36.9. The smallest absolute Gasteiger partial charge is 0.165 e. The van der Waals surface area contributed by atoms with Gasteiger partial charge < -0.3 is 4.42 Å². The first-order chi connectivity index (χ1) is 29.3. The molecular formula is C45H27N3OS. The Hall–Kier alpha value is -6.43. The monoisotopic (exact) mass is 668 g/mol. The van der Waals surface area contributed by atoms with Crippen LogP contribution in [0.5, 0.6) is 0 Å². The lowest BCUT2D eigenvalue weighted by Gasteiger charge is -2.10. The Labute approximate surface area is 307 Å². The largest absolute Gasteiger partial charge is 0.456 e. The fourth-order valence-corrected chi connectivity index (χ4v) is 7.36. The Morgan fingerprint density at radius 3 is 1.98 bits per heavy atom. The minimum absolute atomic E-state index is 0.000710. The van der Waals surface area contributed by atoms with Crippen molar-refractivity contribution in [1.29, 1.82) is 0 Å². The number of rotatable bonds is 5. The summed E-state index contributed by atoms with van der Waals surface area (Å²) < 4.78 is 103. The van der Waals surface area contributed by atoms with Gasteiger partial charge in [0, 0.05) is 47.6 Å². The standard InChI is InChI=1S/C45H27N3OS/c1-3-11-28(12-4-1)29-21-23-31(24-22-29)43-46-44(32-25-26-35-34-15-7-8-19-38(34)49-39(35)27-32)48-45(47-43)37-18-9-17-36-41-33(30-13-5-2-6-14-30)16-10-20-40(41)50-42(36)37/h1-27H/i2D,5D,6D,9D,10D,13D,14D,16D,17D,18D,20D. The van der Waals surface area contributed by atoms with Crippen LogP contribution in [-0.4, -0.2) is 15.0 Å². The maximum absolute atomic E-state index is 9.31. The molecule has 10 rings (SSSR count). The Morgan fingerprint density at radius 1 is 0.460 bits per heavy atom. The Kier molecular flexibility index (Phi) is 4.54. The SMILES string of the molecule is [2H]c1c([2H])c([2H])c(-c2c([2H])c([2H])c([2H])c3sc4c(-c5nc(-c6ccc(-c7ccccc7)cc6)nc(-c6ccc7c(c6)oc6ccccc67)n5)c([2H])c([2H])c([2H])c4c23)c([2H])c1[2H]. The van der Waals surface area contributed by atoms with Gasteiger partial charge in [-0.1, -0.05) is 133 Å². The molecule has 4 nitrogen and oxygen atoms in total. The van der Waals surface area contributed by atoms with Gasteiger partial charge in [0.15, 0.2) is 17.5 Å². The van der Waals surface area contributed by atoms with Crippen molar-refractivity contribution < 1.29 is 19.5 Å². The molecule has 0 unspecified atom stereocenters. The molecule has 234 valence electrons. The Morgan fingerprint density at radius 2 is 1.12 bits per heavy atom. The summed E-state index contributed by atoms with van der Waals surface area (Å²) in [5, 5.41) is 1.82. The van der Waals surface area contributed by atoms with Gasteiger partial charge in [-0.2, -0.15) is 0 Å². The zero-order valence-corrected chi connectivity index (χ0v) is 26.7. The molecule has 0 radical (unpaired) electrons. The lowest BCUT2D eigenvalue weighted by molar-refractivity contribution is 0.669. The van der Waals surface area contributed by atoms with E-state index < -0.39 is 66.5 Å². The summed E-state index contributed by atoms with van der Waals surface area (Å²) in [7, 11) is 0. The number of para-hydroxylation sites is 1. The van der Waals surface area contributed by atoms with Gasteiger partial charge in [-0.15, -0.1) is 11.3 Å². The lowest BCUT2D eigenvalue weighted by atomic mass is 9.99. The summed E-state index contributed by atoms with van der Waals surface area (Å²) in [6.45, 7) is 0. The number of thiophene rings is 1. The molecule has 0 aliphatic carbocycles.